The fourth-order valence-corrected chi connectivity index (χ4v) is 1.89. The first-order valence-corrected chi connectivity index (χ1v) is 6.09. The zero-order valence-electron chi connectivity index (χ0n) is 10.4. The van der Waals surface area contributed by atoms with Crippen molar-refractivity contribution < 1.29 is 0 Å². The summed E-state index contributed by atoms with van der Waals surface area (Å²) < 4.78 is 0. The molecule has 0 amide bonds. The van der Waals surface area contributed by atoms with E-state index in [0.29, 0.717) is 6.04 Å². The summed E-state index contributed by atoms with van der Waals surface area (Å²) in [4.78, 5) is 2.53. The van der Waals surface area contributed by atoms with Gasteiger partial charge in [-0.3, -0.25) is 4.90 Å². The normalized spacial score (nSPS) is 13.9. The molecule has 2 N–H and O–H groups in total. The van der Waals surface area contributed by atoms with Crippen LogP contribution in [0.25, 0.3) is 0 Å². The van der Waals surface area contributed by atoms with Gasteiger partial charge in [-0.2, -0.15) is 0 Å². The molecule has 0 aromatic heterocycles. The molecule has 0 bridgehead atoms. The van der Waals surface area contributed by atoms with Crippen LogP contribution >= 0.6 is 0 Å². The van der Waals surface area contributed by atoms with Crippen LogP contribution in [-0.4, -0.2) is 30.6 Å². The van der Waals surface area contributed by atoms with Crippen LogP contribution in [0.5, 0.6) is 0 Å². The molecule has 2 nitrogen and oxygen atoms in total. The van der Waals surface area contributed by atoms with Gasteiger partial charge >= 0.3 is 0 Å². The smallest absolute Gasteiger partial charge is 0.0218 e. The van der Waals surface area contributed by atoms with Gasteiger partial charge in [0.05, 0.1) is 0 Å². The summed E-state index contributed by atoms with van der Waals surface area (Å²) in [7, 11) is 0. The highest BCUT2D eigenvalue weighted by Gasteiger charge is 2.15. The lowest BCUT2D eigenvalue weighted by Gasteiger charge is -2.31. The molecule has 14 heavy (non-hydrogen) atoms. The Morgan fingerprint density at radius 2 is 1.86 bits per heavy atom. The number of hydrogen-bond acceptors (Lipinski definition) is 2. The first kappa shape index (κ1) is 13.9. The van der Waals surface area contributed by atoms with Gasteiger partial charge in [0, 0.05) is 19.1 Å². The number of hydrogen-bond donors (Lipinski definition) is 1. The summed E-state index contributed by atoms with van der Waals surface area (Å²) in [5, 5.41) is 0. The van der Waals surface area contributed by atoms with Crippen LogP contribution in [0.15, 0.2) is 0 Å². The molecule has 0 aromatic carbocycles. The molecule has 0 aliphatic rings. The van der Waals surface area contributed by atoms with Crippen molar-refractivity contribution in [3.8, 4) is 0 Å². The molecule has 0 rings (SSSR count). The van der Waals surface area contributed by atoms with Crippen LogP contribution in [0.2, 0.25) is 0 Å². The summed E-state index contributed by atoms with van der Waals surface area (Å²) in [5.74, 6) is 0.741. The van der Waals surface area contributed by atoms with Crippen molar-refractivity contribution in [2.45, 2.75) is 53.0 Å². The Morgan fingerprint density at radius 3 is 2.21 bits per heavy atom. The van der Waals surface area contributed by atoms with E-state index in [-0.39, 0.29) is 0 Å². The molecule has 1 atom stereocenters. The van der Waals surface area contributed by atoms with Gasteiger partial charge in [0.15, 0.2) is 0 Å². The Kier molecular flexibility index (Phi) is 8.20. The maximum Gasteiger partial charge on any atom is 0.0218 e. The average molecular weight is 200 g/mol. The van der Waals surface area contributed by atoms with Gasteiger partial charge in [0.2, 0.25) is 0 Å². The fourth-order valence-electron chi connectivity index (χ4n) is 1.89. The van der Waals surface area contributed by atoms with E-state index in [4.69, 9.17) is 5.73 Å². The number of likely N-dealkylation sites (N-methyl/N-ethyl adjacent to an activating group) is 1. The monoisotopic (exact) mass is 200 g/mol. The first-order valence-electron chi connectivity index (χ1n) is 6.09. The highest BCUT2D eigenvalue weighted by molar-refractivity contribution is 4.72. The highest BCUT2D eigenvalue weighted by atomic mass is 15.2. The lowest BCUT2D eigenvalue weighted by atomic mass is 10.1. The van der Waals surface area contributed by atoms with Crippen molar-refractivity contribution in [1.82, 2.24) is 4.90 Å². The Bertz CT molecular complexity index is 123. The van der Waals surface area contributed by atoms with Crippen LogP contribution < -0.4 is 5.73 Å². The highest BCUT2D eigenvalue weighted by Crippen LogP contribution is 2.10. The van der Waals surface area contributed by atoms with E-state index in [0.717, 1.165) is 19.0 Å². The maximum atomic E-state index is 5.82. The predicted octanol–water partition coefficient (Wildman–Crippen LogP) is 2.48. The topological polar surface area (TPSA) is 29.3 Å². The second kappa shape index (κ2) is 8.25. The molecule has 0 aromatic rings. The molecular weight excluding hydrogens is 172 g/mol. The third-order valence-corrected chi connectivity index (χ3v) is 2.69. The van der Waals surface area contributed by atoms with Crippen molar-refractivity contribution in [2.75, 3.05) is 19.6 Å². The van der Waals surface area contributed by atoms with Crippen LogP contribution in [0, 0.1) is 5.92 Å². The minimum absolute atomic E-state index is 0.599. The van der Waals surface area contributed by atoms with E-state index >= 15 is 0 Å². The Balaban J connectivity index is 4.00. The van der Waals surface area contributed by atoms with Gasteiger partial charge in [0.1, 0.15) is 0 Å². The van der Waals surface area contributed by atoms with Gasteiger partial charge in [-0.25, -0.2) is 0 Å². The van der Waals surface area contributed by atoms with Crippen molar-refractivity contribution in [2.24, 2.45) is 11.7 Å². The SMILES string of the molecule is CCCCC(CN)N(CC)CC(C)C. The van der Waals surface area contributed by atoms with Crippen LogP contribution in [0.3, 0.4) is 0 Å². The second-order valence-electron chi connectivity index (χ2n) is 4.51. The number of nitrogens with zero attached hydrogens (tertiary/aromatic N) is 1. The molecular formula is C12H28N2. The zero-order chi connectivity index (χ0) is 11.0. The summed E-state index contributed by atoms with van der Waals surface area (Å²) >= 11 is 0. The van der Waals surface area contributed by atoms with Crippen molar-refractivity contribution in [1.29, 1.82) is 0 Å². The van der Waals surface area contributed by atoms with Crippen LogP contribution in [-0.2, 0) is 0 Å². The van der Waals surface area contributed by atoms with E-state index in [1.807, 2.05) is 0 Å². The summed E-state index contributed by atoms with van der Waals surface area (Å²) in [6.07, 6.45) is 3.83. The molecule has 0 radical (unpaired) electrons. The zero-order valence-corrected chi connectivity index (χ0v) is 10.4. The Morgan fingerprint density at radius 1 is 1.21 bits per heavy atom. The molecule has 86 valence electrons. The van der Waals surface area contributed by atoms with Crippen molar-refractivity contribution >= 4 is 0 Å². The summed E-state index contributed by atoms with van der Waals surface area (Å²) in [6.45, 7) is 12.1. The molecule has 0 aliphatic carbocycles. The fraction of sp³-hybridized carbons (Fsp3) is 1.00. The predicted molar refractivity (Wildman–Crippen MR) is 64.5 cm³/mol. The minimum Gasteiger partial charge on any atom is -0.329 e. The molecule has 0 saturated carbocycles. The van der Waals surface area contributed by atoms with Crippen LogP contribution in [0.1, 0.15) is 47.0 Å². The molecule has 0 spiro atoms. The Hall–Kier alpha value is -0.0800. The number of nitrogens with two attached hydrogens (primary N) is 1. The number of rotatable bonds is 8. The molecule has 0 fully saturated rings. The molecule has 0 saturated heterocycles. The quantitative estimate of drug-likeness (QED) is 0.652. The van der Waals surface area contributed by atoms with E-state index in [1.165, 1.54) is 25.8 Å². The standard InChI is InChI=1S/C12H28N2/c1-5-7-8-12(9-13)14(6-2)10-11(3)4/h11-12H,5-10,13H2,1-4H3. The molecule has 1 unspecified atom stereocenters. The molecule has 2 heteroatoms. The van der Waals surface area contributed by atoms with E-state index in [2.05, 4.69) is 32.6 Å². The molecule has 0 aliphatic heterocycles. The summed E-state index contributed by atoms with van der Waals surface area (Å²) in [5.41, 5.74) is 5.82. The van der Waals surface area contributed by atoms with Gasteiger partial charge in [-0.1, -0.05) is 40.5 Å². The van der Waals surface area contributed by atoms with Gasteiger partial charge in [0.25, 0.3) is 0 Å². The van der Waals surface area contributed by atoms with Gasteiger partial charge < -0.3 is 5.73 Å². The van der Waals surface area contributed by atoms with E-state index in [1.54, 1.807) is 0 Å². The average Bonchev–Trinajstić information content (AvgIpc) is 2.16. The minimum atomic E-state index is 0.599. The lowest BCUT2D eigenvalue weighted by Crippen LogP contribution is -2.42. The van der Waals surface area contributed by atoms with Crippen molar-refractivity contribution in [3.63, 3.8) is 0 Å². The van der Waals surface area contributed by atoms with Crippen LogP contribution in [0.4, 0.5) is 0 Å². The first-order chi connectivity index (χ1) is 6.65. The lowest BCUT2D eigenvalue weighted by molar-refractivity contribution is 0.177. The summed E-state index contributed by atoms with van der Waals surface area (Å²) in [6, 6.07) is 0.599. The largest absolute Gasteiger partial charge is 0.329 e. The third kappa shape index (κ3) is 5.61. The second-order valence-corrected chi connectivity index (χ2v) is 4.51. The molecule has 0 heterocycles. The van der Waals surface area contributed by atoms with Crippen molar-refractivity contribution in [3.05, 3.63) is 0 Å². The third-order valence-electron chi connectivity index (χ3n) is 2.69. The van der Waals surface area contributed by atoms with Gasteiger partial charge in [-0.05, 0) is 18.9 Å². The van der Waals surface area contributed by atoms with E-state index < -0.39 is 0 Å². The Labute approximate surface area is 89.9 Å². The van der Waals surface area contributed by atoms with Gasteiger partial charge in [-0.15, -0.1) is 0 Å². The maximum absolute atomic E-state index is 5.82. The number of unbranched alkanes of at least 4 members (excludes halogenated alkanes) is 1. The van der Waals surface area contributed by atoms with E-state index in [9.17, 15) is 0 Å².